The zero-order valence-corrected chi connectivity index (χ0v) is 29.7. The maximum atomic E-state index is 14.4. The van der Waals surface area contributed by atoms with Gasteiger partial charge in [-0.3, -0.25) is 24.0 Å². The van der Waals surface area contributed by atoms with E-state index in [-0.39, 0.29) is 31.2 Å². The van der Waals surface area contributed by atoms with Crippen LogP contribution in [0.15, 0.2) is 42.3 Å². The summed E-state index contributed by atoms with van der Waals surface area (Å²) in [5, 5.41) is 8.01. The van der Waals surface area contributed by atoms with Gasteiger partial charge < -0.3 is 20.3 Å². The van der Waals surface area contributed by atoms with Gasteiger partial charge in [-0.15, -0.1) is 17.9 Å². The number of fused-ring (bicyclic) bond motifs is 5. The van der Waals surface area contributed by atoms with Crippen LogP contribution in [0.2, 0.25) is 0 Å². The molecule has 50 heavy (non-hydrogen) atoms. The number of carbonyl (C=O) groups excluding carboxylic acids is 4. The molecule has 1 saturated heterocycles. The number of thiazole rings is 1. The maximum absolute atomic E-state index is 14.4. The fourth-order valence-corrected chi connectivity index (χ4v) is 9.25. The van der Waals surface area contributed by atoms with Gasteiger partial charge in [0.2, 0.25) is 21.8 Å². The zero-order valence-electron chi connectivity index (χ0n) is 28.1. The lowest BCUT2D eigenvalue weighted by Crippen LogP contribution is -2.58. The molecule has 1 aromatic carbocycles. The molecule has 3 N–H and O–H groups in total. The molecule has 13 nitrogen and oxygen atoms in total. The third-order valence-corrected chi connectivity index (χ3v) is 12.9. The van der Waals surface area contributed by atoms with Crippen LogP contribution in [-0.2, 0) is 48.7 Å². The molecule has 6 bridgehead atoms. The van der Waals surface area contributed by atoms with Crippen molar-refractivity contribution in [3.05, 3.63) is 64.7 Å². The Morgan fingerprint density at radius 2 is 2.02 bits per heavy atom. The van der Waals surface area contributed by atoms with Crippen molar-refractivity contribution in [3.8, 4) is 0 Å². The number of rotatable bonds is 7. The number of hydrogen-bond donors (Lipinski definition) is 3. The Bertz CT molecular complexity index is 1870. The fourth-order valence-electron chi connectivity index (χ4n) is 7.10. The van der Waals surface area contributed by atoms with E-state index in [1.165, 1.54) is 22.3 Å². The van der Waals surface area contributed by atoms with Gasteiger partial charge in [-0.05, 0) is 54.7 Å². The average molecular weight is 723 g/mol. The van der Waals surface area contributed by atoms with E-state index in [0.717, 1.165) is 28.8 Å². The molecule has 2 aliphatic carbocycles. The summed E-state index contributed by atoms with van der Waals surface area (Å²) in [6, 6.07) is 4.14. The highest BCUT2D eigenvalue weighted by atomic mass is 32.2. The van der Waals surface area contributed by atoms with Crippen LogP contribution in [0.4, 0.5) is 9.93 Å². The second-order valence-corrected chi connectivity index (χ2v) is 17.0. The van der Waals surface area contributed by atoms with E-state index in [1.807, 2.05) is 37.4 Å². The average Bonchev–Trinajstić information content (AvgIpc) is 3.89. The fraction of sp³-hybridized carbons (Fsp3) is 0.514. The number of ether oxygens (including phenoxy) is 1. The molecular formula is C35H42N6O7S2. The van der Waals surface area contributed by atoms with Gasteiger partial charge in [0.05, 0.1) is 24.0 Å². The largest absolute Gasteiger partial charge is 0.444 e. The molecule has 7 rings (SSSR count). The molecule has 4 heterocycles. The van der Waals surface area contributed by atoms with Crippen molar-refractivity contribution in [3.63, 3.8) is 0 Å². The van der Waals surface area contributed by atoms with Crippen molar-refractivity contribution in [2.75, 3.05) is 11.9 Å². The molecule has 2 saturated carbocycles. The summed E-state index contributed by atoms with van der Waals surface area (Å²) >= 11 is 1.40. The number of amides is 4. The van der Waals surface area contributed by atoms with Crippen LogP contribution >= 0.6 is 11.3 Å². The van der Waals surface area contributed by atoms with Crippen LogP contribution < -0.4 is 15.4 Å². The van der Waals surface area contributed by atoms with Crippen LogP contribution in [0.1, 0.15) is 68.3 Å². The lowest BCUT2D eigenvalue weighted by atomic mass is 10.0. The van der Waals surface area contributed by atoms with E-state index >= 15 is 0 Å². The van der Waals surface area contributed by atoms with Crippen molar-refractivity contribution >= 4 is 56.4 Å². The monoisotopic (exact) mass is 722 g/mol. The van der Waals surface area contributed by atoms with Crippen molar-refractivity contribution in [2.24, 2.45) is 11.8 Å². The van der Waals surface area contributed by atoms with Gasteiger partial charge in [-0.25, -0.2) is 18.2 Å². The lowest BCUT2D eigenvalue weighted by molar-refractivity contribution is -0.140. The number of anilines is 1. The van der Waals surface area contributed by atoms with Crippen LogP contribution in [0.5, 0.6) is 0 Å². The number of aromatic nitrogens is 1. The molecule has 0 radical (unpaired) electrons. The third-order valence-electron chi connectivity index (χ3n) is 10.3. The Kier molecular flexibility index (Phi) is 8.99. The van der Waals surface area contributed by atoms with Gasteiger partial charge in [0.15, 0.2) is 5.13 Å². The van der Waals surface area contributed by atoms with E-state index in [4.69, 9.17) is 9.72 Å². The summed E-state index contributed by atoms with van der Waals surface area (Å²) < 4.78 is 33.4. The molecule has 5 aliphatic rings. The highest BCUT2D eigenvalue weighted by molar-refractivity contribution is 7.91. The number of hydrogen-bond acceptors (Lipinski definition) is 10. The van der Waals surface area contributed by atoms with Gasteiger partial charge in [-0.1, -0.05) is 50.3 Å². The number of benzene rings is 1. The van der Waals surface area contributed by atoms with Gasteiger partial charge in [0.25, 0.3) is 5.91 Å². The first-order chi connectivity index (χ1) is 23.9. The van der Waals surface area contributed by atoms with Crippen LogP contribution in [0.25, 0.3) is 6.08 Å². The second kappa shape index (κ2) is 13.1. The topological polar surface area (TPSA) is 167 Å². The van der Waals surface area contributed by atoms with Crippen molar-refractivity contribution in [1.82, 2.24) is 24.8 Å². The summed E-state index contributed by atoms with van der Waals surface area (Å²) in [4.78, 5) is 63.2. The quantitative estimate of drug-likeness (QED) is 0.364. The minimum absolute atomic E-state index is 0.00112. The zero-order chi connectivity index (χ0) is 35.4. The van der Waals surface area contributed by atoms with Crippen LogP contribution in [-0.4, -0.2) is 82.5 Å². The van der Waals surface area contributed by atoms with Gasteiger partial charge >= 0.3 is 6.09 Å². The first kappa shape index (κ1) is 34.2. The van der Waals surface area contributed by atoms with Crippen molar-refractivity contribution in [2.45, 2.75) is 94.4 Å². The molecule has 4 amide bonds. The van der Waals surface area contributed by atoms with E-state index in [1.54, 1.807) is 4.90 Å². The van der Waals surface area contributed by atoms with Crippen LogP contribution in [0, 0.1) is 11.8 Å². The smallest absolute Gasteiger partial charge is 0.410 e. The number of nitrogens with one attached hydrogen (secondary N) is 3. The SMILES string of the molecule is C=C[C@H]1CC1(NC(=O)[C@@H]1C[C@@H]2CN1C(=O)[C@H](C(C)C)Nc1nc(cs1)CC/C=C/c1cccc3c1CN(C3)C(=O)O2)C(=O)NS(=O)(=O)C1CC1. The summed E-state index contributed by atoms with van der Waals surface area (Å²) in [6.07, 6.45) is 6.93. The van der Waals surface area contributed by atoms with E-state index in [2.05, 4.69) is 34.1 Å². The van der Waals surface area contributed by atoms with Crippen molar-refractivity contribution < 1.29 is 32.3 Å². The first-order valence-electron chi connectivity index (χ1n) is 17.1. The maximum Gasteiger partial charge on any atom is 0.410 e. The Morgan fingerprint density at radius 3 is 2.74 bits per heavy atom. The Labute approximate surface area is 295 Å². The summed E-state index contributed by atoms with van der Waals surface area (Å²) in [5.74, 6) is -2.52. The minimum atomic E-state index is -3.87. The molecule has 5 atom stereocenters. The number of aryl methyl sites for hydroxylation is 1. The predicted molar refractivity (Wildman–Crippen MR) is 187 cm³/mol. The number of nitrogens with zero attached hydrogens (tertiary/aromatic N) is 3. The molecule has 0 spiro atoms. The first-order valence-corrected chi connectivity index (χ1v) is 19.6. The van der Waals surface area contributed by atoms with Crippen LogP contribution in [0.3, 0.4) is 0 Å². The lowest BCUT2D eigenvalue weighted by Gasteiger charge is -2.31. The summed E-state index contributed by atoms with van der Waals surface area (Å²) in [7, 11) is -3.87. The highest BCUT2D eigenvalue weighted by Gasteiger charge is 2.62. The van der Waals surface area contributed by atoms with Gasteiger partial charge in [0.1, 0.15) is 23.7 Å². The molecule has 266 valence electrons. The molecule has 15 heteroatoms. The number of sulfonamides is 1. The summed E-state index contributed by atoms with van der Waals surface area (Å²) in [6.45, 7) is 8.26. The Morgan fingerprint density at radius 1 is 1.22 bits per heavy atom. The minimum Gasteiger partial charge on any atom is -0.444 e. The normalized spacial score (nSPS) is 28.5. The van der Waals surface area contributed by atoms with Gasteiger partial charge in [-0.2, -0.15) is 0 Å². The predicted octanol–water partition coefficient (Wildman–Crippen LogP) is 3.33. The van der Waals surface area contributed by atoms with E-state index in [9.17, 15) is 27.6 Å². The highest BCUT2D eigenvalue weighted by Crippen LogP contribution is 2.45. The number of carbonyl (C=O) groups is 4. The molecular weight excluding hydrogens is 681 g/mol. The molecule has 3 fully saturated rings. The third kappa shape index (κ3) is 6.64. The van der Waals surface area contributed by atoms with E-state index < -0.39 is 62.8 Å². The molecule has 3 aliphatic heterocycles. The summed E-state index contributed by atoms with van der Waals surface area (Å²) in [5.41, 5.74) is 2.49. The second-order valence-electron chi connectivity index (χ2n) is 14.2. The van der Waals surface area contributed by atoms with Gasteiger partial charge in [0, 0.05) is 24.3 Å². The van der Waals surface area contributed by atoms with Crippen molar-refractivity contribution in [1.29, 1.82) is 0 Å². The molecule has 1 unspecified atom stereocenters. The standard InChI is InChI=1S/C35H42N6O7S2/c1-4-23-15-35(23,32(44)39-50(46,47)26-12-13-26)38-30(42)28-14-25-17-41(28)31(43)29(20(2)3)37-33-36-24(19-49-33)11-6-5-8-21-9-7-10-22-16-40(18-27(21)22)34(45)48-25/h4-5,7-10,19-20,23,25-26,28-29H,1,6,11-18H2,2-3H3,(H,36,37)(H,38,42)(H,39,44)/b8-5+/t23-,25+,28-,29-,35?/m0/s1. The Balaban J connectivity index is 1.17. The number of allylic oxidation sites excluding steroid dienone is 1. The molecule has 1 aromatic heterocycles. The molecule has 2 aromatic rings. The Hall–Kier alpha value is -4.24. The van der Waals surface area contributed by atoms with E-state index in [0.29, 0.717) is 37.5 Å².